The summed E-state index contributed by atoms with van der Waals surface area (Å²) in [5, 5.41) is 12.4. The quantitative estimate of drug-likeness (QED) is 0.210. The van der Waals surface area contributed by atoms with E-state index in [1.807, 2.05) is 18.2 Å². The Labute approximate surface area is 247 Å². The van der Waals surface area contributed by atoms with Crippen LogP contribution in [-0.4, -0.2) is 16.0 Å². The summed E-state index contributed by atoms with van der Waals surface area (Å²) >= 11 is 0. The fourth-order valence-corrected chi connectivity index (χ4v) is 6.61. The van der Waals surface area contributed by atoms with E-state index in [0.717, 1.165) is 34.9 Å². The molecular formula is C37H35N5. The Bertz CT molecular complexity index is 1850. The second-order valence-corrected chi connectivity index (χ2v) is 10.8. The third-order valence-electron chi connectivity index (χ3n) is 8.45. The maximum atomic E-state index is 4.07. The lowest BCUT2D eigenvalue weighted by Gasteiger charge is -2.42. The van der Waals surface area contributed by atoms with Gasteiger partial charge in [0.2, 0.25) is 0 Å². The Kier molecular flexibility index (Phi) is 6.35. The number of aromatic nitrogens is 1. The fraction of sp³-hybridized carbons (Fsp3) is 0.135. The van der Waals surface area contributed by atoms with E-state index >= 15 is 0 Å². The first-order chi connectivity index (χ1) is 20.6. The number of fused-ring (bicyclic) bond motifs is 6. The van der Waals surface area contributed by atoms with Gasteiger partial charge in [-0.25, -0.2) is 0 Å². The van der Waals surface area contributed by atoms with Crippen molar-refractivity contribution in [3.8, 4) is 5.69 Å². The second-order valence-electron chi connectivity index (χ2n) is 10.8. The highest BCUT2D eigenvalue weighted by molar-refractivity contribution is 6.06. The summed E-state index contributed by atoms with van der Waals surface area (Å²) in [6.07, 6.45) is 16.6. The van der Waals surface area contributed by atoms with Crippen LogP contribution in [0.4, 0.5) is 11.4 Å². The molecule has 0 bridgehead atoms. The van der Waals surface area contributed by atoms with E-state index in [0.29, 0.717) is 0 Å². The van der Waals surface area contributed by atoms with Crippen molar-refractivity contribution >= 4 is 40.5 Å². The first-order valence-electron chi connectivity index (χ1n) is 14.5. The van der Waals surface area contributed by atoms with Crippen LogP contribution in [0.15, 0.2) is 116 Å². The van der Waals surface area contributed by atoms with Crippen molar-refractivity contribution in [1.29, 1.82) is 0 Å². The minimum atomic E-state index is -0.0401. The minimum absolute atomic E-state index is 0.0401. The summed E-state index contributed by atoms with van der Waals surface area (Å²) in [6, 6.07) is 21.9. The maximum Gasteiger partial charge on any atom is 0.129 e. The van der Waals surface area contributed by atoms with E-state index in [-0.39, 0.29) is 12.3 Å². The molecule has 0 amide bonds. The third kappa shape index (κ3) is 3.92. The van der Waals surface area contributed by atoms with Gasteiger partial charge in [-0.15, -0.1) is 0 Å². The summed E-state index contributed by atoms with van der Waals surface area (Å²) in [5.74, 6) is 0. The molecule has 0 saturated heterocycles. The normalized spacial score (nSPS) is 19.0. The number of para-hydroxylation sites is 1. The molecule has 1 aromatic heterocycles. The van der Waals surface area contributed by atoms with Gasteiger partial charge in [-0.1, -0.05) is 86.0 Å². The Balaban J connectivity index is 1.35. The first kappa shape index (κ1) is 25.8. The minimum Gasteiger partial charge on any atom is -0.379 e. The largest absolute Gasteiger partial charge is 0.379 e. The topological polar surface area (TPSA) is 44.3 Å². The molecular weight excluding hydrogens is 514 g/mol. The molecule has 3 N–H and O–H groups in total. The zero-order chi connectivity index (χ0) is 28.8. The van der Waals surface area contributed by atoms with Gasteiger partial charge in [-0.3, -0.25) is 0 Å². The number of nitrogens with one attached hydrogen (secondary N) is 3. The van der Waals surface area contributed by atoms with Gasteiger partial charge < -0.3 is 25.4 Å². The number of rotatable bonds is 6. The third-order valence-corrected chi connectivity index (χ3v) is 8.45. The second kappa shape index (κ2) is 10.3. The molecule has 208 valence electrons. The van der Waals surface area contributed by atoms with Gasteiger partial charge in [0.15, 0.2) is 0 Å². The van der Waals surface area contributed by atoms with E-state index < -0.39 is 0 Å². The number of hydrogen-bond acceptors (Lipinski definition) is 4. The molecule has 0 fully saturated rings. The Morgan fingerprint density at radius 2 is 1.76 bits per heavy atom. The summed E-state index contributed by atoms with van der Waals surface area (Å²) in [4.78, 5) is 2.44. The van der Waals surface area contributed by atoms with Gasteiger partial charge in [0, 0.05) is 34.6 Å². The zero-order valence-electron chi connectivity index (χ0n) is 24.1. The van der Waals surface area contributed by atoms with Crippen molar-refractivity contribution < 1.29 is 0 Å². The summed E-state index contributed by atoms with van der Waals surface area (Å²) in [7, 11) is 0. The number of hydrogen-bond donors (Lipinski definition) is 3. The summed E-state index contributed by atoms with van der Waals surface area (Å²) < 4.78 is 2.36. The first-order valence-corrected chi connectivity index (χ1v) is 14.5. The molecule has 2 unspecified atom stereocenters. The Morgan fingerprint density at radius 3 is 2.55 bits per heavy atom. The molecule has 3 aliphatic heterocycles. The molecule has 0 spiro atoms. The van der Waals surface area contributed by atoms with Crippen LogP contribution in [0, 0.1) is 0 Å². The van der Waals surface area contributed by atoms with Crippen LogP contribution in [0.3, 0.4) is 0 Å². The van der Waals surface area contributed by atoms with Crippen molar-refractivity contribution in [3.63, 3.8) is 0 Å². The van der Waals surface area contributed by atoms with Crippen LogP contribution >= 0.6 is 0 Å². The van der Waals surface area contributed by atoms with Crippen molar-refractivity contribution in [2.24, 2.45) is 0 Å². The monoisotopic (exact) mass is 549 g/mol. The van der Waals surface area contributed by atoms with Crippen LogP contribution in [0.1, 0.15) is 54.1 Å². The average Bonchev–Trinajstić information content (AvgIpc) is 3.54. The van der Waals surface area contributed by atoms with Gasteiger partial charge in [-0.2, -0.15) is 0 Å². The fourth-order valence-electron chi connectivity index (χ4n) is 6.61. The molecule has 0 saturated carbocycles. The summed E-state index contributed by atoms with van der Waals surface area (Å²) in [6.45, 7) is 13.0. The van der Waals surface area contributed by atoms with Gasteiger partial charge in [0.05, 0.1) is 22.6 Å². The molecule has 42 heavy (non-hydrogen) atoms. The zero-order valence-corrected chi connectivity index (χ0v) is 24.1. The highest BCUT2D eigenvalue weighted by atomic mass is 15.4. The predicted molar refractivity (Wildman–Crippen MR) is 178 cm³/mol. The number of nitrogens with zero attached hydrogens (tertiary/aromatic N) is 2. The molecule has 0 radical (unpaired) electrons. The van der Waals surface area contributed by atoms with Crippen LogP contribution in [0.2, 0.25) is 0 Å². The predicted octanol–water partition coefficient (Wildman–Crippen LogP) is 8.75. The smallest absolute Gasteiger partial charge is 0.129 e. The molecule has 0 aliphatic carbocycles. The van der Waals surface area contributed by atoms with Gasteiger partial charge in [-0.05, 0) is 67.0 Å². The number of anilines is 2. The number of allylic oxidation sites excluding steroid dienone is 5. The molecule has 5 heteroatoms. The standard InChI is InChI=1S/C37H35N5/c1-5-8-15-31-24(4)39-37-29-13-9-10-14-30(29)40-36(42(31)37)26-17-20-27(21-18-26)41-32-22-19-25(7-3)28(12-6-2)34(32)35-33(41)16-11-23-38-35/h5-22,36-40H,1,3,23H2,2,4H3/b12-6-,15-8-. The van der Waals surface area contributed by atoms with E-state index in [2.05, 4.69) is 143 Å². The van der Waals surface area contributed by atoms with E-state index in [1.165, 1.54) is 39.0 Å². The summed E-state index contributed by atoms with van der Waals surface area (Å²) in [5.41, 5.74) is 12.9. The van der Waals surface area contributed by atoms with Crippen LogP contribution < -0.4 is 16.0 Å². The molecule has 3 aliphatic rings. The highest BCUT2D eigenvalue weighted by Crippen LogP contribution is 2.46. The van der Waals surface area contributed by atoms with E-state index in [4.69, 9.17) is 0 Å². The van der Waals surface area contributed by atoms with Gasteiger partial charge in [0.1, 0.15) is 12.3 Å². The molecule has 7 rings (SSSR count). The van der Waals surface area contributed by atoms with Crippen molar-refractivity contribution in [3.05, 3.63) is 144 Å². The molecule has 5 nitrogen and oxygen atoms in total. The Hall–Kier alpha value is -5.16. The van der Waals surface area contributed by atoms with Crippen LogP contribution in [-0.2, 0) is 0 Å². The Morgan fingerprint density at radius 1 is 0.929 bits per heavy atom. The number of benzene rings is 3. The molecule has 4 heterocycles. The highest BCUT2D eigenvalue weighted by Gasteiger charge is 2.40. The van der Waals surface area contributed by atoms with E-state index in [1.54, 1.807) is 0 Å². The lowest BCUT2D eigenvalue weighted by molar-refractivity contribution is 0.204. The SMILES string of the molecule is C=C/C=C\C1=C(C)NC2c3ccccc3NC(c3ccc(-n4c5c(c6c(/C=C\C)c(C=C)ccc64)NCC=C5)cc3)N12. The van der Waals surface area contributed by atoms with Crippen molar-refractivity contribution in [2.45, 2.75) is 26.2 Å². The van der Waals surface area contributed by atoms with Crippen molar-refractivity contribution in [2.75, 3.05) is 17.2 Å². The molecule has 3 aromatic carbocycles. The average molecular weight is 550 g/mol. The van der Waals surface area contributed by atoms with Gasteiger partial charge in [0.25, 0.3) is 0 Å². The van der Waals surface area contributed by atoms with Gasteiger partial charge >= 0.3 is 0 Å². The van der Waals surface area contributed by atoms with Crippen LogP contribution in [0.5, 0.6) is 0 Å². The van der Waals surface area contributed by atoms with E-state index in [9.17, 15) is 0 Å². The maximum absolute atomic E-state index is 4.07. The lowest BCUT2D eigenvalue weighted by Crippen LogP contribution is -2.40. The van der Waals surface area contributed by atoms with Crippen LogP contribution in [0.25, 0.3) is 34.8 Å². The molecule has 4 aromatic rings. The molecule has 2 atom stereocenters. The van der Waals surface area contributed by atoms with Crippen molar-refractivity contribution in [1.82, 2.24) is 14.8 Å². The lowest BCUT2D eigenvalue weighted by atomic mass is 10.0.